The Morgan fingerprint density at radius 2 is 1.90 bits per heavy atom. The summed E-state index contributed by atoms with van der Waals surface area (Å²) >= 11 is 0. The molecule has 0 saturated carbocycles. The molecule has 0 aliphatic rings. The van der Waals surface area contributed by atoms with Gasteiger partial charge in [-0.2, -0.15) is 0 Å². The molecule has 2 atom stereocenters. The van der Waals surface area contributed by atoms with Crippen LogP contribution in [0, 0.1) is 5.92 Å². The van der Waals surface area contributed by atoms with Gasteiger partial charge in [-0.15, -0.1) is 0 Å². The molecular weight excluding hydrogens is 256 g/mol. The number of carbonyl (C=O) groups is 2. The van der Waals surface area contributed by atoms with Crippen molar-refractivity contribution in [1.82, 2.24) is 5.32 Å². The number of benzene rings is 1. The number of rotatable bonds is 7. The van der Waals surface area contributed by atoms with Crippen molar-refractivity contribution in [3.05, 3.63) is 35.4 Å². The summed E-state index contributed by atoms with van der Waals surface area (Å²) in [6, 6.07) is 6.18. The molecule has 0 aromatic heterocycles. The fraction of sp³-hybridized carbons (Fsp3) is 0.467. The van der Waals surface area contributed by atoms with Crippen LogP contribution in [0.2, 0.25) is 0 Å². The molecule has 1 aromatic rings. The van der Waals surface area contributed by atoms with E-state index in [0.29, 0.717) is 18.5 Å². The van der Waals surface area contributed by atoms with Crippen LogP contribution in [0.25, 0.3) is 0 Å². The predicted molar refractivity (Wildman–Crippen MR) is 77.5 cm³/mol. The van der Waals surface area contributed by atoms with E-state index in [1.165, 1.54) is 0 Å². The van der Waals surface area contributed by atoms with Crippen molar-refractivity contribution in [1.29, 1.82) is 0 Å². The van der Waals surface area contributed by atoms with Gasteiger partial charge in [-0.05, 0) is 36.6 Å². The maximum absolute atomic E-state index is 12.0. The molecule has 5 nitrogen and oxygen atoms in total. The molecule has 0 heterocycles. The van der Waals surface area contributed by atoms with Crippen LogP contribution in [0.15, 0.2) is 24.3 Å². The van der Waals surface area contributed by atoms with Crippen LogP contribution >= 0.6 is 0 Å². The van der Waals surface area contributed by atoms with Crippen LogP contribution in [-0.2, 0) is 11.2 Å². The SMILES string of the molecule is CC[C@H](C)[C@H](NC(=O)c1ccc(CCN)cc1)C(=O)O. The Balaban J connectivity index is 2.76. The van der Waals surface area contributed by atoms with E-state index < -0.39 is 12.0 Å². The zero-order valence-electron chi connectivity index (χ0n) is 11.9. The van der Waals surface area contributed by atoms with Gasteiger partial charge in [0.05, 0.1) is 0 Å². The van der Waals surface area contributed by atoms with Gasteiger partial charge >= 0.3 is 5.97 Å². The van der Waals surface area contributed by atoms with Crippen molar-refractivity contribution < 1.29 is 14.7 Å². The highest BCUT2D eigenvalue weighted by Gasteiger charge is 2.25. The Morgan fingerprint density at radius 3 is 2.35 bits per heavy atom. The van der Waals surface area contributed by atoms with Crippen molar-refractivity contribution in [3.8, 4) is 0 Å². The first-order chi connectivity index (χ1) is 9.49. The number of aliphatic carboxylic acids is 1. The summed E-state index contributed by atoms with van der Waals surface area (Å²) in [6.45, 7) is 4.26. The fourth-order valence-electron chi connectivity index (χ4n) is 1.90. The van der Waals surface area contributed by atoms with Crippen LogP contribution in [-0.4, -0.2) is 29.6 Å². The Labute approximate surface area is 119 Å². The molecule has 0 unspecified atom stereocenters. The van der Waals surface area contributed by atoms with E-state index in [9.17, 15) is 9.59 Å². The highest BCUT2D eigenvalue weighted by Crippen LogP contribution is 2.10. The van der Waals surface area contributed by atoms with Crippen LogP contribution in [0.1, 0.15) is 36.2 Å². The number of carbonyl (C=O) groups excluding carboxylic acids is 1. The molecule has 0 aliphatic heterocycles. The third kappa shape index (κ3) is 4.35. The average Bonchev–Trinajstić information content (AvgIpc) is 2.44. The first kappa shape index (κ1) is 16.2. The lowest BCUT2D eigenvalue weighted by Gasteiger charge is -2.20. The molecule has 0 radical (unpaired) electrons. The van der Waals surface area contributed by atoms with E-state index in [4.69, 9.17) is 10.8 Å². The average molecular weight is 278 g/mol. The van der Waals surface area contributed by atoms with Crippen LogP contribution in [0.5, 0.6) is 0 Å². The molecule has 0 saturated heterocycles. The van der Waals surface area contributed by atoms with E-state index in [2.05, 4.69) is 5.32 Å². The number of nitrogens with two attached hydrogens (primary N) is 1. The molecule has 4 N–H and O–H groups in total. The van der Waals surface area contributed by atoms with Gasteiger partial charge in [-0.1, -0.05) is 32.4 Å². The van der Waals surface area contributed by atoms with Gasteiger partial charge in [0.2, 0.25) is 0 Å². The summed E-state index contributed by atoms with van der Waals surface area (Å²) in [5.74, 6) is -1.49. The molecule has 0 fully saturated rings. The first-order valence-electron chi connectivity index (χ1n) is 6.82. The van der Waals surface area contributed by atoms with Crippen LogP contribution < -0.4 is 11.1 Å². The van der Waals surface area contributed by atoms with Crippen molar-refractivity contribution in [2.45, 2.75) is 32.7 Å². The second kappa shape index (κ2) is 7.65. The molecule has 0 bridgehead atoms. The summed E-state index contributed by atoms with van der Waals surface area (Å²) in [5, 5.41) is 11.7. The second-order valence-electron chi connectivity index (χ2n) is 4.91. The van der Waals surface area contributed by atoms with Gasteiger partial charge in [0.15, 0.2) is 0 Å². The van der Waals surface area contributed by atoms with E-state index in [-0.39, 0.29) is 11.8 Å². The molecule has 110 valence electrons. The summed E-state index contributed by atoms with van der Waals surface area (Å²) in [5.41, 5.74) is 6.98. The highest BCUT2D eigenvalue weighted by molar-refractivity contribution is 5.96. The minimum Gasteiger partial charge on any atom is -0.480 e. The zero-order chi connectivity index (χ0) is 15.1. The lowest BCUT2D eigenvalue weighted by molar-refractivity contribution is -0.140. The summed E-state index contributed by atoms with van der Waals surface area (Å²) in [7, 11) is 0. The van der Waals surface area contributed by atoms with Gasteiger partial charge in [-0.25, -0.2) is 4.79 Å². The summed E-state index contributed by atoms with van der Waals surface area (Å²) < 4.78 is 0. The third-order valence-corrected chi connectivity index (χ3v) is 3.41. The number of nitrogens with one attached hydrogen (secondary N) is 1. The number of carboxylic acid groups (broad SMARTS) is 1. The number of amides is 1. The van der Waals surface area contributed by atoms with Crippen molar-refractivity contribution in [2.75, 3.05) is 6.54 Å². The zero-order valence-corrected chi connectivity index (χ0v) is 11.9. The third-order valence-electron chi connectivity index (χ3n) is 3.41. The second-order valence-corrected chi connectivity index (χ2v) is 4.91. The summed E-state index contributed by atoms with van der Waals surface area (Å²) in [4.78, 5) is 23.2. The largest absolute Gasteiger partial charge is 0.480 e. The van der Waals surface area contributed by atoms with E-state index in [1.54, 1.807) is 12.1 Å². The van der Waals surface area contributed by atoms with Gasteiger partial charge in [0.25, 0.3) is 5.91 Å². The monoisotopic (exact) mass is 278 g/mol. The minimum atomic E-state index is -1.01. The normalized spacial score (nSPS) is 13.6. The Bertz CT molecular complexity index is 457. The van der Waals surface area contributed by atoms with Crippen molar-refractivity contribution in [3.63, 3.8) is 0 Å². The molecule has 1 amide bonds. The highest BCUT2D eigenvalue weighted by atomic mass is 16.4. The van der Waals surface area contributed by atoms with Gasteiger partial charge < -0.3 is 16.2 Å². The van der Waals surface area contributed by atoms with Gasteiger partial charge in [0, 0.05) is 5.56 Å². The molecule has 5 heteroatoms. The minimum absolute atomic E-state index is 0.118. The Kier molecular flexibility index (Phi) is 6.18. The Hall–Kier alpha value is -1.88. The van der Waals surface area contributed by atoms with Crippen LogP contribution in [0.4, 0.5) is 0 Å². The topological polar surface area (TPSA) is 92.4 Å². The molecule has 1 rings (SSSR count). The quantitative estimate of drug-likeness (QED) is 0.703. The molecule has 20 heavy (non-hydrogen) atoms. The molecule has 1 aromatic carbocycles. The van der Waals surface area contributed by atoms with E-state index >= 15 is 0 Å². The van der Waals surface area contributed by atoms with Crippen LogP contribution in [0.3, 0.4) is 0 Å². The molecule has 0 aliphatic carbocycles. The smallest absolute Gasteiger partial charge is 0.326 e. The number of hydrogen-bond donors (Lipinski definition) is 3. The number of carboxylic acids is 1. The van der Waals surface area contributed by atoms with E-state index in [0.717, 1.165) is 12.0 Å². The molecule has 0 spiro atoms. The lowest BCUT2D eigenvalue weighted by Crippen LogP contribution is -2.45. The van der Waals surface area contributed by atoms with Gasteiger partial charge in [0.1, 0.15) is 6.04 Å². The molecular formula is C15H22N2O3. The Morgan fingerprint density at radius 1 is 1.30 bits per heavy atom. The number of hydrogen-bond acceptors (Lipinski definition) is 3. The maximum Gasteiger partial charge on any atom is 0.326 e. The van der Waals surface area contributed by atoms with Crippen molar-refractivity contribution in [2.24, 2.45) is 11.7 Å². The fourth-order valence-corrected chi connectivity index (χ4v) is 1.90. The predicted octanol–water partition coefficient (Wildman–Crippen LogP) is 1.42. The first-order valence-corrected chi connectivity index (χ1v) is 6.82. The van der Waals surface area contributed by atoms with Gasteiger partial charge in [-0.3, -0.25) is 4.79 Å². The van der Waals surface area contributed by atoms with E-state index in [1.807, 2.05) is 26.0 Å². The summed E-state index contributed by atoms with van der Waals surface area (Å²) in [6.07, 6.45) is 1.44. The van der Waals surface area contributed by atoms with Crippen molar-refractivity contribution >= 4 is 11.9 Å². The maximum atomic E-state index is 12.0. The lowest BCUT2D eigenvalue weighted by atomic mass is 9.99. The standard InChI is InChI=1S/C15H22N2O3/c1-3-10(2)13(15(19)20)17-14(18)12-6-4-11(5-7-12)8-9-16/h4-7,10,13H,3,8-9,16H2,1-2H3,(H,17,18)(H,19,20)/t10-,13-/m0/s1.